The van der Waals surface area contributed by atoms with E-state index in [1.54, 1.807) is 0 Å². The van der Waals surface area contributed by atoms with Crippen LogP contribution in [0.25, 0.3) is 0 Å². The average molecular weight is 354 g/mol. The van der Waals surface area contributed by atoms with Gasteiger partial charge in [0, 0.05) is 48.8 Å². The van der Waals surface area contributed by atoms with E-state index in [0.717, 1.165) is 42.3 Å². The van der Waals surface area contributed by atoms with Crippen LogP contribution < -0.4 is 15.5 Å². The molecule has 0 spiro atoms. The van der Waals surface area contributed by atoms with Crippen LogP contribution in [0.4, 0.5) is 22.7 Å². The average Bonchev–Trinajstić information content (AvgIpc) is 2.93. The molecule has 2 aliphatic heterocycles. The fourth-order valence-corrected chi connectivity index (χ4v) is 3.92. The van der Waals surface area contributed by atoms with E-state index in [0.29, 0.717) is 6.04 Å². The van der Waals surface area contributed by atoms with Crippen LogP contribution in [0.1, 0.15) is 17.2 Å². The summed E-state index contributed by atoms with van der Waals surface area (Å²) in [4.78, 5) is 7.20. The number of nitrogens with one attached hydrogen (secondary N) is 2. The number of rotatable bonds is 2. The summed E-state index contributed by atoms with van der Waals surface area (Å²) in [5.74, 6) is 0. The zero-order valence-corrected chi connectivity index (χ0v) is 15.1. The number of anilines is 3. The van der Waals surface area contributed by atoms with Crippen molar-refractivity contribution in [2.75, 3.05) is 29.9 Å². The van der Waals surface area contributed by atoms with Gasteiger partial charge in [0.2, 0.25) is 0 Å². The van der Waals surface area contributed by atoms with Crippen molar-refractivity contribution >= 4 is 29.0 Å². The summed E-state index contributed by atoms with van der Waals surface area (Å²) in [5, 5.41) is 7.21. The van der Waals surface area contributed by atoms with Crippen LogP contribution in [-0.4, -0.2) is 25.8 Å². The second-order valence-corrected chi connectivity index (χ2v) is 7.00. The van der Waals surface area contributed by atoms with Gasteiger partial charge in [-0.25, -0.2) is 0 Å². The highest BCUT2D eigenvalue weighted by Crippen LogP contribution is 2.36. The van der Waals surface area contributed by atoms with Crippen LogP contribution in [0.2, 0.25) is 0 Å². The van der Waals surface area contributed by atoms with Crippen molar-refractivity contribution in [3.8, 4) is 0 Å². The van der Waals surface area contributed by atoms with Gasteiger partial charge in [-0.3, -0.25) is 4.99 Å². The fraction of sp³-hybridized carbons (Fsp3) is 0.174. The molecule has 2 heterocycles. The quantitative estimate of drug-likeness (QED) is 0.551. The Morgan fingerprint density at radius 1 is 0.852 bits per heavy atom. The normalized spacial score (nSPS) is 18.2. The first-order valence-electron chi connectivity index (χ1n) is 9.45. The SMILES string of the molecule is C1=Nc2ccccc2Nc2cccc(N3CCNC(c4ccccc4)C3)c21. The lowest BCUT2D eigenvalue weighted by molar-refractivity contribution is 0.472. The van der Waals surface area contributed by atoms with Crippen LogP contribution in [0.3, 0.4) is 0 Å². The summed E-state index contributed by atoms with van der Waals surface area (Å²) < 4.78 is 0. The molecule has 2 aliphatic rings. The summed E-state index contributed by atoms with van der Waals surface area (Å²) in [6, 6.07) is 25.7. The zero-order valence-electron chi connectivity index (χ0n) is 15.1. The predicted molar refractivity (Wildman–Crippen MR) is 113 cm³/mol. The molecule has 5 rings (SSSR count). The molecule has 27 heavy (non-hydrogen) atoms. The predicted octanol–water partition coefficient (Wildman–Crippen LogP) is 4.65. The third-order valence-corrected chi connectivity index (χ3v) is 5.31. The molecule has 0 aliphatic carbocycles. The minimum absolute atomic E-state index is 0.337. The number of piperazine rings is 1. The molecule has 3 aromatic carbocycles. The lowest BCUT2D eigenvalue weighted by Crippen LogP contribution is -2.46. The summed E-state index contributed by atoms with van der Waals surface area (Å²) in [7, 11) is 0. The van der Waals surface area contributed by atoms with Gasteiger partial charge >= 0.3 is 0 Å². The summed E-state index contributed by atoms with van der Waals surface area (Å²) in [5.41, 5.74) is 6.86. The molecule has 0 aromatic heterocycles. The highest BCUT2D eigenvalue weighted by atomic mass is 15.2. The Morgan fingerprint density at radius 3 is 2.59 bits per heavy atom. The molecule has 0 radical (unpaired) electrons. The molecule has 2 N–H and O–H groups in total. The van der Waals surface area contributed by atoms with E-state index >= 15 is 0 Å². The van der Waals surface area contributed by atoms with Gasteiger partial charge < -0.3 is 15.5 Å². The maximum atomic E-state index is 4.73. The maximum absolute atomic E-state index is 4.73. The van der Waals surface area contributed by atoms with Crippen molar-refractivity contribution in [3.63, 3.8) is 0 Å². The molecule has 0 bridgehead atoms. The zero-order chi connectivity index (χ0) is 18.1. The first kappa shape index (κ1) is 16.1. The molecule has 3 aromatic rings. The highest BCUT2D eigenvalue weighted by Gasteiger charge is 2.23. The van der Waals surface area contributed by atoms with Crippen molar-refractivity contribution in [3.05, 3.63) is 83.9 Å². The maximum Gasteiger partial charge on any atom is 0.0864 e. The molecule has 0 amide bonds. The Kier molecular flexibility index (Phi) is 4.11. The van der Waals surface area contributed by atoms with E-state index in [1.165, 1.54) is 11.3 Å². The molecule has 1 saturated heterocycles. The molecule has 1 atom stereocenters. The summed E-state index contributed by atoms with van der Waals surface area (Å²) in [6.07, 6.45) is 2.00. The van der Waals surface area contributed by atoms with Gasteiger partial charge in [0.25, 0.3) is 0 Å². The third-order valence-electron chi connectivity index (χ3n) is 5.31. The van der Waals surface area contributed by atoms with Gasteiger partial charge in [-0.1, -0.05) is 48.5 Å². The highest BCUT2D eigenvalue weighted by molar-refractivity contribution is 6.00. The summed E-state index contributed by atoms with van der Waals surface area (Å²) in [6.45, 7) is 2.90. The third kappa shape index (κ3) is 3.09. The van der Waals surface area contributed by atoms with E-state index < -0.39 is 0 Å². The Bertz CT molecular complexity index is 981. The van der Waals surface area contributed by atoms with Gasteiger partial charge in [-0.05, 0) is 29.8 Å². The number of fused-ring (bicyclic) bond motifs is 2. The first-order valence-corrected chi connectivity index (χ1v) is 9.45. The van der Waals surface area contributed by atoms with E-state index in [9.17, 15) is 0 Å². The Labute approximate surface area is 159 Å². The van der Waals surface area contributed by atoms with E-state index in [4.69, 9.17) is 4.99 Å². The lowest BCUT2D eigenvalue weighted by Gasteiger charge is -2.36. The van der Waals surface area contributed by atoms with Crippen LogP contribution in [0.5, 0.6) is 0 Å². The van der Waals surface area contributed by atoms with Gasteiger partial charge in [-0.15, -0.1) is 0 Å². The van der Waals surface area contributed by atoms with Crippen LogP contribution >= 0.6 is 0 Å². The van der Waals surface area contributed by atoms with E-state index in [2.05, 4.69) is 70.1 Å². The van der Waals surface area contributed by atoms with Gasteiger partial charge in [0.15, 0.2) is 0 Å². The standard InChI is InChI=1S/C23H22N4/c1-2-7-17(8-3-1)22-16-27(14-13-24-22)23-12-6-11-19-18(23)15-25-20-9-4-5-10-21(20)26-19/h1-12,15,22,24,26H,13-14,16H2. The number of nitrogens with zero attached hydrogens (tertiary/aromatic N) is 2. The molecular weight excluding hydrogens is 332 g/mol. The minimum atomic E-state index is 0.337. The van der Waals surface area contributed by atoms with Crippen molar-refractivity contribution in [2.24, 2.45) is 4.99 Å². The van der Waals surface area contributed by atoms with Gasteiger partial charge in [0.05, 0.1) is 11.4 Å². The Balaban J connectivity index is 1.49. The number of hydrogen-bond donors (Lipinski definition) is 2. The van der Waals surface area contributed by atoms with Crippen LogP contribution in [-0.2, 0) is 0 Å². The van der Waals surface area contributed by atoms with Crippen molar-refractivity contribution < 1.29 is 0 Å². The Hall–Kier alpha value is -3.11. The second-order valence-electron chi connectivity index (χ2n) is 7.00. The van der Waals surface area contributed by atoms with Crippen LogP contribution in [0, 0.1) is 0 Å². The number of aliphatic imine (C=N–C) groups is 1. The van der Waals surface area contributed by atoms with Gasteiger partial charge in [-0.2, -0.15) is 0 Å². The minimum Gasteiger partial charge on any atom is -0.368 e. The lowest BCUT2D eigenvalue weighted by atomic mass is 10.0. The number of hydrogen-bond acceptors (Lipinski definition) is 4. The Morgan fingerprint density at radius 2 is 1.67 bits per heavy atom. The summed E-state index contributed by atoms with van der Waals surface area (Å²) >= 11 is 0. The smallest absolute Gasteiger partial charge is 0.0864 e. The molecule has 0 saturated carbocycles. The van der Waals surface area contributed by atoms with E-state index in [1.807, 2.05) is 24.4 Å². The van der Waals surface area contributed by atoms with E-state index in [-0.39, 0.29) is 0 Å². The molecule has 4 nitrogen and oxygen atoms in total. The number of benzene rings is 3. The van der Waals surface area contributed by atoms with Crippen LogP contribution in [0.15, 0.2) is 77.8 Å². The van der Waals surface area contributed by atoms with Crippen molar-refractivity contribution in [1.82, 2.24) is 5.32 Å². The van der Waals surface area contributed by atoms with Gasteiger partial charge in [0.1, 0.15) is 0 Å². The largest absolute Gasteiger partial charge is 0.368 e. The number of para-hydroxylation sites is 2. The first-order chi connectivity index (χ1) is 13.4. The fourth-order valence-electron chi connectivity index (χ4n) is 3.92. The molecule has 134 valence electrons. The molecule has 1 fully saturated rings. The van der Waals surface area contributed by atoms with Crippen molar-refractivity contribution in [1.29, 1.82) is 0 Å². The molecule has 4 heteroatoms. The molecular formula is C23H22N4. The topological polar surface area (TPSA) is 39.7 Å². The monoisotopic (exact) mass is 354 g/mol. The van der Waals surface area contributed by atoms with Crippen molar-refractivity contribution in [2.45, 2.75) is 6.04 Å². The second kappa shape index (κ2) is 6.89. The molecule has 1 unspecified atom stereocenters.